The third-order valence-corrected chi connectivity index (χ3v) is 1.00. The summed E-state index contributed by atoms with van der Waals surface area (Å²) in [7, 11) is 1.31. The molecule has 12 heavy (non-hydrogen) atoms. The van der Waals surface area contributed by atoms with Gasteiger partial charge < -0.3 is 19.7 Å². The average Bonchev–Trinajstić information content (AvgIpc) is 1.96. The Kier molecular flexibility index (Phi) is 4.98. The van der Waals surface area contributed by atoms with Gasteiger partial charge in [-0.2, -0.15) is 0 Å². The second-order valence-electron chi connectivity index (χ2n) is 1.99. The first-order valence-corrected chi connectivity index (χ1v) is 3.13. The van der Waals surface area contributed by atoms with Crippen molar-refractivity contribution in [1.29, 1.82) is 0 Å². The van der Waals surface area contributed by atoms with E-state index < -0.39 is 24.6 Å². The molecular weight excluding hydrogens is 168 g/mol. The van der Waals surface area contributed by atoms with E-state index >= 15 is 0 Å². The molecule has 0 saturated heterocycles. The molecule has 0 spiro atoms. The van der Waals surface area contributed by atoms with Crippen LogP contribution in [0.3, 0.4) is 0 Å². The van der Waals surface area contributed by atoms with Gasteiger partial charge in [0.25, 0.3) is 0 Å². The molecule has 0 aliphatic carbocycles. The fourth-order valence-electron chi connectivity index (χ4n) is 0.514. The summed E-state index contributed by atoms with van der Waals surface area (Å²) in [5.41, 5.74) is 0. The van der Waals surface area contributed by atoms with E-state index in [1.165, 1.54) is 7.11 Å². The number of hydrogen-bond donors (Lipinski definition) is 2. The van der Waals surface area contributed by atoms with Gasteiger partial charge in [0, 0.05) is 7.11 Å². The van der Waals surface area contributed by atoms with E-state index in [2.05, 4.69) is 9.47 Å². The molecule has 0 aromatic rings. The van der Waals surface area contributed by atoms with Crippen molar-refractivity contribution in [3.8, 4) is 0 Å². The van der Waals surface area contributed by atoms with E-state index in [-0.39, 0.29) is 6.61 Å². The van der Waals surface area contributed by atoms with Crippen LogP contribution in [0.5, 0.6) is 0 Å². The van der Waals surface area contributed by atoms with Crippen LogP contribution in [-0.2, 0) is 19.1 Å². The Morgan fingerprint density at radius 2 is 2.00 bits per heavy atom. The molecular formula is C6H10O6. The summed E-state index contributed by atoms with van der Waals surface area (Å²) in [6.07, 6.45) is -1.22. The summed E-state index contributed by atoms with van der Waals surface area (Å²) in [5.74, 6) is -2.45. The molecule has 1 atom stereocenters. The highest BCUT2D eigenvalue weighted by molar-refractivity contribution is 5.73. The van der Waals surface area contributed by atoms with Crippen LogP contribution in [0.4, 0.5) is 0 Å². The van der Waals surface area contributed by atoms with Gasteiger partial charge in [0.1, 0.15) is 6.61 Å². The van der Waals surface area contributed by atoms with Crippen LogP contribution in [0.2, 0.25) is 0 Å². The quantitative estimate of drug-likeness (QED) is 0.552. The lowest BCUT2D eigenvalue weighted by molar-refractivity contribution is -0.159. The van der Waals surface area contributed by atoms with Gasteiger partial charge >= 0.3 is 11.9 Å². The Labute approximate surface area is 68.7 Å². The molecule has 0 fully saturated rings. The number of carboxylic acids is 2. The topological polar surface area (TPSA) is 93.1 Å². The molecule has 0 heterocycles. The first-order chi connectivity index (χ1) is 5.57. The summed E-state index contributed by atoms with van der Waals surface area (Å²) >= 11 is 0. The van der Waals surface area contributed by atoms with Crippen LogP contribution in [0.25, 0.3) is 0 Å². The first kappa shape index (κ1) is 10.9. The number of ether oxygens (including phenoxy) is 2. The summed E-state index contributed by atoms with van der Waals surface area (Å²) in [6, 6.07) is 0. The van der Waals surface area contributed by atoms with Crippen LogP contribution in [-0.4, -0.2) is 48.6 Å². The van der Waals surface area contributed by atoms with Crippen molar-refractivity contribution >= 4 is 11.9 Å². The third kappa shape index (κ3) is 4.64. The minimum atomic E-state index is -1.24. The molecule has 0 aliphatic rings. The van der Waals surface area contributed by atoms with Crippen molar-refractivity contribution in [2.75, 3.05) is 20.3 Å². The molecule has 2 N–H and O–H groups in total. The summed E-state index contributed by atoms with van der Waals surface area (Å²) in [6.45, 7) is -0.803. The fourth-order valence-corrected chi connectivity index (χ4v) is 0.514. The predicted molar refractivity (Wildman–Crippen MR) is 36.9 cm³/mol. The van der Waals surface area contributed by atoms with Crippen LogP contribution in [0.15, 0.2) is 0 Å². The Morgan fingerprint density at radius 1 is 1.42 bits per heavy atom. The molecule has 0 aromatic carbocycles. The standard InChI is InChI=1S/C6H10O6/c1-11-2-4(6(9)10)12-3-5(7)8/h4H,2-3H2,1H3,(H,7,8)(H,9,10). The molecule has 6 nitrogen and oxygen atoms in total. The summed E-state index contributed by atoms with van der Waals surface area (Å²) in [4.78, 5) is 20.3. The Hall–Kier alpha value is -1.14. The average molecular weight is 178 g/mol. The zero-order valence-electron chi connectivity index (χ0n) is 6.52. The van der Waals surface area contributed by atoms with E-state index in [4.69, 9.17) is 10.2 Å². The van der Waals surface area contributed by atoms with Gasteiger partial charge in [0.2, 0.25) is 0 Å². The largest absolute Gasteiger partial charge is 0.480 e. The number of hydrogen-bond acceptors (Lipinski definition) is 4. The number of aliphatic carboxylic acids is 2. The molecule has 0 aliphatic heterocycles. The predicted octanol–water partition coefficient (Wildman–Crippen LogP) is -0.813. The maximum atomic E-state index is 10.3. The van der Waals surface area contributed by atoms with Gasteiger partial charge in [0.05, 0.1) is 6.61 Å². The molecule has 6 heteroatoms. The van der Waals surface area contributed by atoms with E-state index in [9.17, 15) is 9.59 Å². The first-order valence-electron chi connectivity index (χ1n) is 3.13. The Balaban J connectivity index is 3.79. The highest BCUT2D eigenvalue weighted by Crippen LogP contribution is 1.92. The van der Waals surface area contributed by atoms with Crippen molar-refractivity contribution in [3.63, 3.8) is 0 Å². The Morgan fingerprint density at radius 3 is 2.33 bits per heavy atom. The second kappa shape index (κ2) is 5.50. The van der Waals surface area contributed by atoms with Crippen molar-refractivity contribution in [2.45, 2.75) is 6.10 Å². The van der Waals surface area contributed by atoms with E-state index in [1.54, 1.807) is 0 Å². The van der Waals surface area contributed by atoms with Crippen molar-refractivity contribution in [1.82, 2.24) is 0 Å². The van der Waals surface area contributed by atoms with Crippen molar-refractivity contribution in [2.24, 2.45) is 0 Å². The lowest BCUT2D eigenvalue weighted by Crippen LogP contribution is -2.30. The third-order valence-electron chi connectivity index (χ3n) is 1.00. The lowest BCUT2D eigenvalue weighted by atomic mass is 10.4. The van der Waals surface area contributed by atoms with E-state index in [0.717, 1.165) is 0 Å². The highest BCUT2D eigenvalue weighted by Gasteiger charge is 2.18. The number of methoxy groups -OCH3 is 1. The summed E-state index contributed by atoms with van der Waals surface area (Å²) < 4.78 is 8.98. The SMILES string of the molecule is COCC(OCC(=O)O)C(=O)O. The van der Waals surface area contributed by atoms with E-state index in [1.807, 2.05) is 0 Å². The zero-order valence-corrected chi connectivity index (χ0v) is 6.52. The second-order valence-corrected chi connectivity index (χ2v) is 1.99. The lowest BCUT2D eigenvalue weighted by Gasteiger charge is -2.09. The van der Waals surface area contributed by atoms with Gasteiger partial charge in [-0.1, -0.05) is 0 Å². The van der Waals surface area contributed by atoms with Crippen LogP contribution < -0.4 is 0 Å². The smallest absolute Gasteiger partial charge is 0.335 e. The summed E-state index contributed by atoms with van der Waals surface area (Å²) in [5, 5.41) is 16.6. The van der Waals surface area contributed by atoms with Gasteiger partial charge in [-0.15, -0.1) is 0 Å². The monoisotopic (exact) mass is 178 g/mol. The highest BCUT2D eigenvalue weighted by atomic mass is 16.6. The number of carboxylic acid groups (broad SMARTS) is 2. The normalized spacial score (nSPS) is 12.4. The van der Waals surface area contributed by atoms with Crippen molar-refractivity contribution in [3.05, 3.63) is 0 Å². The molecule has 0 radical (unpaired) electrons. The maximum absolute atomic E-state index is 10.3. The van der Waals surface area contributed by atoms with Gasteiger partial charge in [-0.25, -0.2) is 9.59 Å². The number of rotatable bonds is 6. The van der Waals surface area contributed by atoms with E-state index in [0.29, 0.717) is 0 Å². The molecule has 70 valence electrons. The number of carbonyl (C=O) groups is 2. The molecule has 0 amide bonds. The van der Waals surface area contributed by atoms with Gasteiger partial charge in [-0.3, -0.25) is 0 Å². The molecule has 0 rings (SSSR count). The fraction of sp³-hybridized carbons (Fsp3) is 0.667. The maximum Gasteiger partial charge on any atom is 0.335 e. The van der Waals surface area contributed by atoms with Gasteiger partial charge in [0.15, 0.2) is 6.10 Å². The molecule has 0 bridgehead atoms. The van der Waals surface area contributed by atoms with Gasteiger partial charge in [-0.05, 0) is 0 Å². The minimum Gasteiger partial charge on any atom is -0.480 e. The van der Waals surface area contributed by atoms with Crippen LogP contribution in [0, 0.1) is 0 Å². The van der Waals surface area contributed by atoms with Crippen LogP contribution in [0.1, 0.15) is 0 Å². The van der Waals surface area contributed by atoms with Crippen molar-refractivity contribution < 1.29 is 29.3 Å². The molecule has 1 unspecified atom stereocenters. The van der Waals surface area contributed by atoms with Crippen LogP contribution >= 0.6 is 0 Å². The molecule has 0 aromatic heterocycles. The molecule has 0 saturated carbocycles. The zero-order chi connectivity index (χ0) is 9.56. The minimum absolute atomic E-state index is 0.164. The Bertz CT molecular complexity index is 165.